The van der Waals surface area contributed by atoms with E-state index in [0.29, 0.717) is 18.1 Å². The summed E-state index contributed by atoms with van der Waals surface area (Å²) in [6.45, 7) is 3.12. The van der Waals surface area contributed by atoms with Gasteiger partial charge in [0.25, 0.3) is 0 Å². The molecule has 0 N–H and O–H groups in total. The average molecular weight is 489 g/mol. The molecule has 1 aliphatic heterocycles. The number of alkyl halides is 1. The zero-order valence-corrected chi connectivity index (χ0v) is 19.4. The van der Waals surface area contributed by atoms with Crippen LogP contribution < -0.4 is 4.94 Å². The number of hydrogen-bond acceptors (Lipinski definition) is 2. The Labute approximate surface area is 196 Å². The van der Waals surface area contributed by atoms with Crippen LogP contribution in [0.25, 0.3) is 0 Å². The second-order valence-electron chi connectivity index (χ2n) is 9.37. The van der Waals surface area contributed by atoms with Crippen molar-refractivity contribution < 1.29 is 36.2 Å². The van der Waals surface area contributed by atoms with Gasteiger partial charge in [0.1, 0.15) is 29.9 Å². The van der Waals surface area contributed by atoms with Crippen LogP contribution in [0.4, 0.5) is 26.5 Å². The molecule has 2 aliphatic rings. The summed E-state index contributed by atoms with van der Waals surface area (Å²) in [5, 5.41) is 0. The highest BCUT2D eigenvalue weighted by atomic mass is 19.3. The van der Waals surface area contributed by atoms with Crippen LogP contribution in [0.15, 0.2) is 24.3 Å². The molecule has 34 heavy (non-hydrogen) atoms. The third-order valence-electron chi connectivity index (χ3n) is 7.05. The van der Waals surface area contributed by atoms with Gasteiger partial charge < -0.3 is 4.74 Å². The Kier molecular flexibility index (Phi) is 9.28. The molecule has 1 aliphatic carbocycles. The van der Waals surface area contributed by atoms with Crippen LogP contribution in [-0.4, -0.2) is 6.61 Å². The molecule has 2 unspecified atom stereocenters. The Hall–Kier alpha value is -2.22. The molecule has 2 atom stereocenters. The first-order valence-electron chi connectivity index (χ1n) is 11.6. The van der Waals surface area contributed by atoms with Gasteiger partial charge in [-0.05, 0) is 68.1 Å². The first kappa shape index (κ1) is 26.4. The fourth-order valence-electron chi connectivity index (χ4n) is 4.77. The van der Waals surface area contributed by atoms with Gasteiger partial charge in [0.2, 0.25) is 0 Å². The predicted molar refractivity (Wildman–Crippen MR) is 117 cm³/mol. The molecule has 2 aromatic carbocycles. The van der Waals surface area contributed by atoms with Gasteiger partial charge in [-0.25, -0.2) is 22.0 Å². The zero-order valence-electron chi connectivity index (χ0n) is 19.4. The molecule has 0 bridgehead atoms. The van der Waals surface area contributed by atoms with Crippen LogP contribution in [0.3, 0.4) is 0 Å². The maximum Gasteiger partial charge on any atom is 0.177 e. The number of ether oxygens (including phenoxy) is 1. The van der Waals surface area contributed by atoms with E-state index in [4.69, 9.17) is 4.74 Å². The van der Waals surface area contributed by atoms with Crippen LogP contribution in [0, 0.1) is 47.9 Å². The van der Waals surface area contributed by atoms with Crippen LogP contribution in [-0.2, 0) is 11.4 Å². The molecule has 0 radical (unpaired) electrons. The van der Waals surface area contributed by atoms with Gasteiger partial charge in [-0.15, -0.1) is 0 Å². The van der Waals surface area contributed by atoms with Crippen molar-refractivity contribution in [3.05, 3.63) is 64.2 Å². The molecule has 0 amide bonds. The van der Waals surface area contributed by atoms with E-state index in [1.807, 2.05) is 0 Å². The van der Waals surface area contributed by atoms with E-state index in [1.54, 1.807) is 0 Å². The van der Waals surface area contributed by atoms with Crippen molar-refractivity contribution in [2.45, 2.75) is 65.2 Å². The molecule has 0 aromatic heterocycles. The van der Waals surface area contributed by atoms with Crippen molar-refractivity contribution in [1.82, 2.24) is 0 Å². The van der Waals surface area contributed by atoms with E-state index >= 15 is 0 Å². The third-order valence-corrected chi connectivity index (χ3v) is 7.05. The minimum atomic E-state index is -1.12. The highest BCUT2D eigenvalue weighted by molar-refractivity contribution is 5.29. The van der Waals surface area contributed by atoms with Gasteiger partial charge in [0, 0.05) is 22.2 Å². The summed E-state index contributed by atoms with van der Waals surface area (Å²) >= 11 is 0. The van der Waals surface area contributed by atoms with Crippen molar-refractivity contribution >= 4 is 0 Å². The predicted octanol–water partition coefficient (Wildman–Crippen LogP) is 8.26. The molecule has 2 aromatic rings. The summed E-state index contributed by atoms with van der Waals surface area (Å²) < 4.78 is 82.4. The lowest BCUT2D eigenvalue weighted by molar-refractivity contribution is -0.0402. The lowest BCUT2D eigenvalue weighted by atomic mass is 9.74. The SMILES string of the molecule is CC1CCC(C2CCC(c3cc(F)c(CF)c(F)c3)OC2)CC1.Cc1c(F)cc(OF)cc1F. The largest absolute Gasteiger partial charge is 0.373 e. The Morgan fingerprint density at radius 2 is 1.38 bits per heavy atom. The Bertz CT molecular complexity index is 904. The van der Waals surface area contributed by atoms with Gasteiger partial charge in [-0.1, -0.05) is 19.8 Å². The average Bonchev–Trinajstić information content (AvgIpc) is 2.83. The monoisotopic (exact) mass is 488 g/mol. The number of halogens is 6. The normalized spacial score (nSPS) is 24.8. The summed E-state index contributed by atoms with van der Waals surface area (Å²) in [7, 11) is 0. The molecule has 2 nitrogen and oxygen atoms in total. The summed E-state index contributed by atoms with van der Waals surface area (Å²) in [5.74, 6) is -1.60. The summed E-state index contributed by atoms with van der Waals surface area (Å²) in [5.41, 5.74) is -0.141. The summed E-state index contributed by atoms with van der Waals surface area (Å²) in [4.78, 5) is 3.15. The van der Waals surface area contributed by atoms with Crippen molar-refractivity contribution in [3.63, 3.8) is 0 Å². The minimum absolute atomic E-state index is 0.147. The first-order valence-corrected chi connectivity index (χ1v) is 11.6. The Balaban J connectivity index is 0.000000248. The number of rotatable bonds is 4. The Morgan fingerprint density at radius 1 is 0.824 bits per heavy atom. The molecule has 1 saturated heterocycles. The van der Waals surface area contributed by atoms with E-state index in [9.17, 15) is 26.5 Å². The van der Waals surface area contributed by atoms with Crippen molar-refractivity contribution in [1.29, 1.82) is 0 Å². The highest BCUT2D eigenvalue weighted by Crippen LogP contribution is 2.40. The molecule has 1 heterocycles. The molecule has 1 saturated carbocycles. The van der Waals surface area contributed by atoms with E-state index in [0.717, 1.165) is 36.8 Å². The molecular formula is C26H30F6O2. The van der Waals surface area contributed by atoms with Crippen LogP contribution in [0.1, 0.15) is 68.2 Å². The topological polar surface area (TPSA) is 18.5 Å². The summed E-state index contributed by atoms with van der Waals surface area (Å²) in [6, 6.07) is 4.01. The van der Waals surface area contributed by atoms with Gasteiger partial charge in [0.05, 0.1) is 18.3 Å². The maximum atomic E-state index is 13.7. The molecular weight excluding hydrogens is 458 g/mol. The smallest absolute Gasteiger partial charge is 0.177 e. The van der Waals surface area contributed by atoms with E-state index in [-0.39, 0.29) is 11.7 Å². The fraction of sp³-hybridized carbons (Fsp3) is 0.538. The van der Waals surface area contributed by atoms with Gasteiger partial charge in [-0.2, -0.15) is 0 Å². The lowest BCUT2D eigenvalue weighted by Gasteiger charge is -2.37. The second-order valence-corrected chi connectivity index (χ2v) is 9.37. The van der Waals surface area contributed by atoms with Crippen molar-refractivity contribution in [2.24, 2.45) is 17.8 Å². The fourth-order valence-corrected chi connectivity index (χ4v) is 4.77. The molecule has 0 spiro atoms. The molecule has 8 heteroatoms. The lowest BCUT2D eigenvalue weighted by Crippen LogP contribution is -2.29. The van der Waals surface area contributed by atoms with Crippen molar-refractivity contribution in [3.8, 4) is 5.75 Å². The minimum Gasteiger partial charge on any atom is -0.373 e. The van der Waals surface area contributed by atoms with Crippen LogP contribution >= 0.6 is 0 Å². The van der Waals surface area contributed by atoms with Gasteiger partial charge in [-0.3, -0.25) is 4.94 Å². The highest BCUT2D eigenvalue weighted by Gasteiger charge is 2.31. The van der Waals surface area contributed by atoms with E-state index < -0.39 is 41.3 Å². The number of hydrogen-bond donors (Lipinski definition) is 0. The number of benzene rings is 2. The maximum absolute atomic E-state index is 13.7. The second kappa shape index (κ2) is 12.0. The quantitative estimate of drug-likeness (QED) is 0.403. The van der Waals surface area contributed by atoms with Gasteiger partial charge >= 0.3 is 0 Å². The van der Waals surface area contributed by atoms with Crippen LogP contribution in [0.2, 0.25) is 0 Å². The third kappa shape index (κ3) is 6.46. The van der Waals surface area contributed by atoms with Crippen molar-refractivity contribution in [2.75, 3.05) is 6.61 Å². The molecule has 4 rings (SSSR count). The van der Waals surface area contributed by atoms with Crippen LogP contribution in [0.5, 0.6) is 5.75 Å². The van der Waals surface area contributed by atoms with Gasteiger partial charge in [0.15, 0.2) is 5.75 Å². The Morgan fingerprint density at radius 3 is 1.85 bits per heavy atom. The van der Waals surface area contributed by atoms with E-state index in [1.165, 1.54) is 44.7 Å². The first-order chi connectivity index (χ1) is 16.2. The zero-order chi connectivity index (χ0) is 24.8. The molecule has 188 valence electrons. The molecule has 2 fully saturated rings. The summed E-state index contributed by atoms with van der Waals surface area (Å²) in [6.07, 6.45) is 6.69. The van der Waals surface area contributed by atoms with E-state index in [2.05, 4.69) is 11.9 Å². The standard InChI is InChI=1S/C19H25F3O.C7H5F3O/c1-12-2-4-13(5-3-12)14-6-7-19(23-11-14)15-8-17(21)16(10-20)18(22)9-15;1-4-6(8)2-5(11-10)3-7(4)9/h8-9,12-14,19H,2-7,10-11H2,1H3;2-3H,1H3.